The first-order valence-electron chi connectivity index (χ1n) is 1.15. The van der Waals surface area contributed by atoms with Gasteiger partial charge in [-0.15, -0.1) is 5.73 Å². The second-order valence-electron chi connectivity index (χ2n) is 0.478. The zero-order valence-corrected chi connectivity index (χ0v) is 2.73. The molecule has 0 radical (unpaired) electrons. The van der Waals surface area contributed by atoms with Gasteiger partial charge in [0, 0.05) is 0 Å². The van der Waals surface area contributed by atoms with Crippen LogP contribution in [0.5, 0.6) is 0 Å². The highest BCUT2D eigenvalue weighted by Gasteiger charge is 1.40. The van der Waals surface area contributed by atoms with Crippen LogP contribution in [0.25, 0.3) is 0 Å². The topological polar surface area (TPSA) is 23.8 Å². The van der Waals surface area contributed by atoms with E-state index in [9.17, 15) is 0 Å². The highest BCUT2D eigenvalue weighted by Crippen LogP contribution is 1.48. The van der Waals surface area contributed by atoms with E-state index in [-0.39, 0.29) is 0 Å². The van der Waals surface area contributed by atoms with E-state index < -0.39 is 0 Å². The van der Waals surface area contributed by atoms with Crippen LogP contribution in [0.1, 0.15) is 0 Å². The van der Waals surface area contributed by atoms with Crippen LogP contribution >= 0.6 is 0 Å². The van der Waals surface area contributed by atoms with Crippen molar-refractivity contribution < 1.29 is 0 Å². The fourth-order valence-corrected chi connectivity index (χ4v) is 0.0456. The van der Waals surface area contributed by atoms with Crippen molar-refractivity contribution in [2.24, 2.45) is 0 Å². The molecule has 0 rings (SSSR count). The minimum Gasteiger partial charge on any atom is -0.192 e. The monoisotopic (exact) mass is 65.0 g/mol. The van der Waals surface area contributed by atoms with Crippen molar-refractivity contribution in [2.75, 3.05) is 0 Å². The minimum atomic E-state index is 1.19. The Hall–Kier alpha value is -0.990. The van der Waals surface area contributed by atoms with Gasteiger partial charge in [-0.2, -0.15) is 5.26 Å². The van der Waals surface area contributed by atoms with E-state index in [0.29, 0.717) is 0 Å². The lowest BCUT2D eigenvalue weighted by molar-refractivity contribution is 1.54. The van der Waals surface area contributed by atoms with Gasteiger partial charge in [0.2, 0.25) is 0 Å². The summed E-state index contributed by atoms with van der Waals surface area (Å²) in [4.78, 5) is 0. The Bertz CT molecular complexity index is 90.7. The van der Waals surface area contributed by atoms with Crippen molar-refractivity contribution in [1.29, 1.82) is 5.26 Å². The van der Waals surface area contributed by atoms with E-state index in [1.807, 2.05) is 0 Å². The highest BCUT2D eigenvalue weighted by molar-refractivity contribution is 4.98. The summed E-state index contributed by atoms with van der Waals surface area (Å²) in [6.45, 7) is 3.15. The Labute approximate surface area is 30.8 Å². The Balaban J connectivity index is 3.46. The lowest BCUT2D eigenvalue weighted by Gasteiger charge is -1.37. The maximum atomic E-state index is 7.66. The zero-order chi connectivity index (χ0) is 4.12. The standard InChI is InChI=1S/C4H3N/c1-2-3-4-5/h3H,1H2. The summed E-state index contributed by atoms with van der Waals surface area (Å²) in [5, 5.41) is 7.66. The molecule has 5 heavy (non-hydrogen) atoms. The molecule has 0 heterocycles. The van der Waals surface area contributed by atoms with Crippen LogP contribution in [-0.2, 0) is 0 Å². The van der Waals surface area contributed by atoms with Crippen LogP contribution in [0.3, 0.4) is 0 Å². The molecule has 24 valence electrons. The Morgan fingerprint density at radius 3 is 2.40 bits per heavy atom. The predicted molar refractivity (Wildman–Crippen MR) is 19.3 cm³/mol. The van der Waals surface area contributed by atoms with Crippen LogP contribution < -0.4 is 0 Å². The van der Waals surface area contributed by atoms with Crippen molar-refractivity contribution in [3.05, 3.63) is 18.4 Å². The molecular weight excluding hydrogens is 62.1 g/mol. The summed E-state index contributed by atoms with van der Waals surface area (Å²) in [6.07, 6.45) is 1.19. The van der Waals surface area contributed by atoms with Gasteiger partial charge in [0.25, 0.3) is 0 Å². The zero-order valence-electron chi connectivity index (χ0n) is 2.73. The molecule has 0 N–H and O–H groups in total. The number of hydrogen-bond acceptors (Lipinski definition) is 1. The fourth-order valence-electron chi connectivity index (χ4n) is 0.0456. The number of nitrogens with zero attached hydrogens (tertiary/aromatic N) is 1. The molecule has 0 aliphatic carbocycles. The predicted octanol–water partition coefficient (Wildman–Crippen LogP) is 0.851. The maximum Gasteiger partial charge on any atom is 0.0996 e. The fraction of sp³-hybridized carbons (Fsp3) is 0. The Kier molecular flexibility index (Phi) is 2.41. The molecule has 0 amide bonds. The third-order valence-electron chi connectivity index (χ3n) is 0.167. The average Bonchev–Trinajstić information content (AvgIpc) is 1.41. The van der Waals surface area contributed by atoms with Crippen LogP contribution in [-0.4, -0.2) is 0 Å². The summed E-state index contributed by atoms with van der Waals surface area (Å²) in [5.41, 5.74) is 2.28. The van der Waals surface area contributed by atoms with Gasteiger partial charge >= 0.3 is 0 Å². The largest absolute Gasteiger partial charge is 0.192 e. The quantitative estimate of drug-likeness (QED) is 0.303. The molecular formula is C4H3N. The van der Waals surface area contributed by atoms with Gasteiger partial charge in [0.1, 0.15) is 0 Å². The molecule has 0 fully saturated rings. The minimum absolute atomic E-state index is 1.19. The van der Waals surface area contributed by atoms with Crippen molar-refractivity contribution in [3.8, 4) is 6.07 Å². The number of rotatable bonds is 0. The second-order valence-corrected chi connectivity index (χ2v) is 0.478. The molecule has 0 aromatic rings. The molecule has 0 aromatic carbocycles. The molecule has 0 aliphatic heterocycles. The first-order chi connectivity index (χ1) is 2.41. The second kappa shape index (κ2) is 3.01. The SMILES string of the molecule is C=C=CC#N. The highest BCUT2D eigenvalue weighted by atomic mass is 14.2. The van der Waals surface area contributed by atoms with Gasteiger partial charge in [0.05, 0.1) is 12.1 Å². The smallest absolute Gasteiger partial charge is 0.0996 e. The van der Waals surface area contributed by atoms with Crippen LogP contribution in [0.2, 0.25) is 0 Å². The van der Waals surface area contributed by atoms with E-state index in [0.717, 1.165) is 0 Å². The molecule has 0 saturated heterocycles. The van der Waals surface area contributed by atoms with Crippen molar-refractivity contribution in [2.45, 2.75) is 0 Å². The molecule has 0 aliphatic rings. The lowest BCUT2D eigenvalue weighted by atomic mass is 10.7. The summed E-state index contributed by atoms with van der Waals surface area (Å²) in [7, 11) is 0. The van der Waals surface area contributed by atoms with E-state index >= 15 is 0 Å². The maximum absolute atomic E-state index is 7.66. The third kappa shape index (κ3) is 3.01. The van der Waals surface area contributed by atoms with Crippen molar-refractivity contribution in [1.82, 2.24) is 0 Å². The Morgan fingerprint density at radius 2 is 2.40 bits per heavy atom. The van der Waals surface area contributed by atoms with E-state index in [1.54, 1.807) is 6.07 Å². The van der Waals surface area contributed by atoms with Gasteiger partial charge < -0.3 is 0 Å². The van der Waals surface area contributed by atoms with E-state index in [4.69, 9.17) is 5.26 Å². The molecule has 0 unspecified atom stereocenters. The molecule has 1 heteroatoms. The first kappa shape index (κ1) is 4.01. The molecule has 0 aromatic heterocycles. The summed E-state index contributed by atoms with van der Waals surface area (Å²) in [6, 6.07) is 1.72. The van der Waals surface area contributed by atoms with Gasteiger partial charge in [-0.25, -0.2) is 0 Å². The van der Waals surface area contributed by atoms with E-state index in [2.05, 4.69) is 12.3 Å². The molecule has 0 spiro atoms. The molecule has 0 saturated carbocycles. The van der Waals surface area contributed by atoms with Crippen molar-refractivity contribution in [3.63, 3.8) is 0 Å². The summed E-state index contributed by atoms with van der Waals surface area (Å²) < 4.78 is 0. The van der Waals surface area contributed by atoms with Gasteiger partial charge in [-0.1, -0.05) is 6.58 Å². The Morgan fingerprint density at radius 1 is 1.80 bits per heavy atom. The van der Waals surface area contributed by atoms with Crippen LogP contribution in [0.15, 0.2) is 18.4 Å². The molecule has 0 bridgehead atoms. The first-order valence-corrected chi connectivity index (χ1v) is 1.15. The summed E-state index contributed by atoms with van der Waals surface area (Å²) in [5.74, 6) is 0. The van der Waals surface area contributed by atoms with Crippen LogP contribution in [0, 0.1) is 11.3 Å². The normalized spacial score (nSPS) is 3.80. The summed E-state index contributed by atoms with van der Waals surface area (Å²) >= 11 is 0. The third-order valence-corrected chi connectivity index (χ3v) is 0.167. The number of hydrogen-bond donors (Lipinski definition) is 0. The molecule has 1 nitrogen and oxygen atoms in total. The lowest BCUT2D eigenvalue weighted by Crippen LogP contribution is -1.28. The number of allylic oxidation sites excluding steroid dienone is 1. The molecule has 0 atom stereocenters. The van der Waals surface area contributed by atoms with Gasteiger partial charge in [0.15, 0.2) is 0 Å². The average molecular weight is 65.1 g/mol. The van der Waals surface area contributed by atoms with Gasteiger partial charge in [-0.3, -0.25) is 0 Å². The van der Waals surface area contributed by atoms with Crippen LogP contribution in [0.4, 0.5) is 0 Å². The van der Waals surface area contributed by atoms with E-state index in [1.165, 1.54) is 6.08 Å². The number of nitriles is 1. The van der Waals surface area contributed by atoms with Gasteiger partial charge in [-0.05, 0) is 0 Å². The van der Waals surface area contributed by atoms with Crippen molar-refractivity contribution >= 4 is 0 Å².